The van der Waals surface area contributed by atoms with Crippen LogP contribution in [0.3, 0.4) is 0 Å². The molecule has 0 radical (unpaired) electrons. The predicted molar refractivity (Wildman–Crippen MR) is 61.7 cm³/mol. The van der Waals surface area contributed by atoms with Crippen molar-refractivity contribution in [1.29, 1.82) is 0 Å². The molecule has 4 heteroatoms. The van der Waals surface area contributed by atoms with E-state index in [1.165, 1.54) is 12.1 Å². The minimum absolute atomic E-state index is 0.214. The second-order valence-corrected chi connectivity index (χ2v) is 3.89. The highest BCUT2D eigenvalue weighted by Crippen LogP contribution is 2.14. The van der Waals surface area contributed by atoms with E-state index in [1.54, 1.807) is 10.9 Å². The Hall–Kier alpha value is -1.84. The summed E-state index contributed by atoms with van der Waals surface area (Å²) in [6.45, 7) is 2.52. The Kier molecular flexibility index (Phi) is 2.90. The Morgan fingerprint density at radius 3 is 2.81 bits per heavy atom. The molecule has 84 valence electrons. The molecule has 0 atom stereocenters. The molecule has 2 aromatic rings. The number of hydrogen-bond acceptors (Lipinski definition) is 2. The fourth-order valence-electron chi connectivity index (χ4n) is 1.61. The number of anilines is 1. The maximum atomic E-state index is 13.1. The molecule has 1 aromatic heterocycles. The van der Waals surface area contributed by atoms with Crippen LogP contribution in [0, 0.1) is 12.7 Å². The van der Waals surface area contributed by atoms with Gasteiger partial charge in [-0.25, -0.2) is 4.39 Å². The molecule has 1 aromatic carbocycles. The predicted octanol–water partition coefficient (Wildman–Crippen LogP) is 2.48. The van der Waals surface area contributed by atoms with Gasteiger partial charge in [0.2, 0.25) is 0 Å². The second-order valence-electron chi connectivity index (χ2n) is 3.89. The van der Waals surface area contributed by atoms with Crippen LogP contribution in [0.2, 0.25) is 0 Å². The van der Waals surface area contributed by atoms with Crippen LogP contribution in [0.25, 0.3) is 0 Å². The first-order valence-corrected chi connectivity index (χ1v) is 5.12. The Labute approximate surface area is 93.9 Å². The highest BCUT2D eigenvalue weighted by molar-refractivity contribution is 5.46. The van der Waals surface area contributed by atoms with Crippen molar-refractivity contribution < 1.29 is 4.39 Å². The van der Waals surface area contributed by atoms with E-state index >= 15 is 0 Å². The first-order chi connectivity index (χ1) is 7.63. The molecule has 0 aliphatic rings. The van der Waals surface area contributed by atoms with Gasteiger partial charge in [0.05, 0.1) is 6.20 Å². The van der Waals surface area contributed by atoms with Crippen LogP contribution < -0.4 is 5.32 Å². The maximum Gasteiger partial charge on any atom is 0.125 e. The van der Waals surface area contributed by atoms with E-state index < -0.39 is 0 Å². The third-order valence-electron chi connectivity index (χ3n) is 2.30. The van der Waals surface area contributed by atoms with Crippen molar-refractivity contribution in [2.45, 2.75) is 13.5 Å². The fourth-order valence-corrected chi connectivity index (χ4v) is 1.61. The third-order valence-corrected chi connectivity index (χ3v) is 2.30. The maximum absolute atomic E-state index is 13.1. The molecule has 0 aliphatic heterocycles. The Morgan fingerprint density at radius 1 is 1.38 bits per heavy atom. The van der Waals surface area contributed by atoms with Crippen LogP contribution in [0.1, 0.15) is 11.1 Å². The van der Waals surface area contributed by atoms with Crippen molar-refractivity contribution in [3.8, 4) is 0 Å². The molecule has 0 aliphatic carbocycles. The zero-order chi connectivity index (χ0) is 11.5. The second kappa shape index (κ2) is 4.35. The molecule has 0 bridgehead atoms. The van der Waals surface area contributed by atoms with E-state index in [4.69, 9.17) is 0 Å². The molecule has 0 amide bonds. The van der Waals surface area contributed by atoms with Gasteiger partial charge in [0.1, 0.15) is 5.82 Å². The van der Waals surface area contributed by atoms with Crippen molar-refractivity contribution >= 4 is 5.69 Å². The molecule has 1 heterocycles. The summed E-state index contributed by atoms with van der Waals surface area (Å²) >= 11 is 0. The molecule has 0 spiro atoms. The summed E-state index contributed by atoms with van der Waals surface area (Å²) in [5.74, 6) is -0.214. The monoisotopic (exact) mass is 219 g/mol. The van der Waals surface area contributed by atoms with Crippen molar-refractivity contribution in [3.63, 3.8) is 0 Å². The molecule has 2 rings (SSSR count). The number of aryl methyl sites for hydroxylation is 2. The van der Waals surface area contributed by atoms with E-state index in [0.29, 0.717) is 6.54 Å². The Bertz CT molecular complexity index is 471. The van der Waals surface area contributed by atoms with Gasteiger partial charge in [-0.05, 0) is 30.7 Å². The number of nitrogens with zero attached hydrogens (tertiary/aromatic N) is 2. The minimum Gasteiger partial charge on any atom is -0.381 e. The van der Waals surface area contributed by atoms with Crippen molar-refractivity contribution in [1.82, 2.24) is 9.78 Å². The number of aromatic nitrogens is 2. The van der Waals surface area contributed by atoms with Crippen LogP contribution in [-0.4, -0.2) is 9.78 Å². The van der Waals surface area contributed by atoms with Crippen LogP contribution in [-0.2, 0) is 13.6 Å². The number of benzene rings is 1. The van der Waals surface area contributed by atoms with E-state index in [1.807, 2.05) is 26.2 Å². The summed E-state index contributed by atoms with van der Waals surface area (Å²) in [6.07, 6.45) is 3.72. The summed E-state index contributed by atoms with van der Waals surface area (Å²) in [5, 5.41) is 7.23. The highest BCUT2D eigenvalue weighted by atomic mass is 19.1. The molecular formula is C12H14FN3. The smallest absolute Gasteiger partial charge is 0.125 e. The number of nitrogens with one attached hydrogen (secondary N) is 1. The lowest BCUT2D eigenvalue weighted by Crippen LogP contribution is -1.99. The normalized spacial score (nSPS) is 10.4. The quantitative estimate of drug-likeness (QED) is 0.859. The molecule has 0 unspecified atom stereocenters. The SMILES string of the molecule is Cc1cc(F)cc(NCc2cnn(C)c2)c1. The van der Waals surface area contributed by atoms with Gasteiger partial charge in [-0.15, -0.1) is 0 Å². The van der Waals surface area contributed by atoms with Gasteiger partial charge >= 0.3 is 0 Å². The van der Waals surface area contributed by atoms with Crippen LogP contribution >= 0.6 is 0 Å². The van der Waals surface area contributed by atoms with Crippen LogP contribution in [0.4, 0.5) is 10.1 Å². The summed E-state index contributed by atoms with van der Waals surface area (Å²) in [5.41, 5.74) is 2.78. The van der Waals surface area contributed by atoms with Gasteiger partial charge in [-0.2, -0.15) is 5.10 Å². The van der Waals surface area contributed by atoms with Crippen molar-refractivity contribution in [2.75, 3.05) is 5.32 Å². The Balaban J connectivity index is 2.04. The van der Waals surface area contributed by atoms with E-state index in [2.05, 4.69) is 10.4 Å². The van der Waals surface area contributed by atoms with Gasteiger partial charge in [0.25, 0.3) is 0 Å². The average molecular weight is 219 g/mol. The van der Waals surface area contributed by atoms with Crippen molar-refractivity contribution in [3.05, 3.63) is 47.5 Å². The summed E-state index contributed by atoms with van der Waals surface area (Å²) in [6, 6.07) is 4.91. The highest BCUT2D eigenvalue weighted by Gasteiger charge is 1.99. The van der Waals surface area contributed by atoms with E-state index in [9.17, 15) is 4.39 Å². The topological polar surface area (TPSA) is 29.9 Å². The lowest BCUT2D eigenvalue weighted by molar-refractivity contribution is 0.627. The zero-order valence-electron chi connectivity index (χ0n) is 9.37. The number of halogens is 1. The number of rotatable bonds is 3. The van der Waals surface area contributed by atoms with Gasteiger partial charge < -0.3 is 5.32 Å². The molecule has 0 saturated carbocycles. The standard InChI is InChI=1S/C12H14FN3/c1-9-3-11(13)5-12(4-9)14-6-10-7-15-16(2)8-10/h3-5,7-8,14H,6H2,1-2H3. The van der Waals surface area contributed by atoms with Gasteiger partial charge in [0.15, 0.2) is 0 Å². The minimum atomic E-state index is -0.214. The lowest BCUT2D eigenvalue weighted by atomic mass is 10.2. The summed E-state index contributed by atoms with van der Waals surface area (Å²) in [7, 11) is 1.87. The summed E-state index contributed by atoms with van der Waals surface area (Å²) < 4.78 is 14.8. The largest absolute Gasteiger partial charge is 0.381 e. The van der Waals surface area contributed by atoms with E-state index in [0.717, 1.165) is 16.8 Å². The van der Waals surface area contributed by atoms with Crippen LogP contribution in [0.15, 0.2) is 30.6 Å². The fraction of sp³-hybridized carbons (Fsp3) is 0.250. The van der Waals surface area contributed by atoms with Gasteiger partial charge in [-0.3, -0.25) is 4.68 Å². The molecule has 1 N–H and O–H groups in total. The lowest BCUT2D eigenvalue weighted by Gasteiger charge is -2.05. The van der Waals surface area contributed by atoms with Gasteiger partial charge in [-0.1, -0.05) is 0 Å². The average Bonchev–Trinajstić information content (AvgIpc) is 2.60. The number of hydrogen-bond donors (Lipinski definition) is 1. The van der Waals surface area contributed by atoms with Gasteiger partial charge in [0, 0.05) is 31.0 Å². The molecular weight excluding hydrogens is 205 g/mol. The molecule has 0 fully saturated rings. The third kappa shape index (κ3) is 2.59. The summed E-state index contributed by atoms with van der Waals surface area (Å²) in [4.78, 5) is 0. The Morgan fingerprint density at radius 2 is 2.19 bits per heavy atom. The molecule has 3 nitrogen and oxygen atoms in total. The zero-order valence-corrected chi connectivity index (χ0v) is 9.37. The first-order valence-electron chi connectivity index (χ1n) is 5.12. The van der Waals surface area contributed by atoms with Crippen LogP contribution in [0.5, 0.6) is 0 Å². The van der Waals surface area contributed by atoms with Crippen molar-refractivity contribution in [2.24, 2.45) is 7.05 Å². The molecule has 0 saturated heterocycles. The van der Waals surface area contributed by atoms with E-state index in [-0.39, 0.29) is 5.82 Å². The first kappa shape index (κ1) is 10.7. The molecule has 16 heavy (non-hydrogen) atoms.